The van der Waals surface area contributed by atoms with E-state index in [0.29, 0.717) is 22.2 Å². The van der Waals surface area contributed by atoms with Crippen LogP contribution >= 0.6 is 23.2 Å². The van der Waals surface area contributed by atoms with E-state index in [1.165, 1.54) is 0 Å². The smallest absolute Gasteiger partial charge is 0.258 e. The van der Waals surface area contributed by atoms with Gasteiger partial charge in [-0.15, -0.1) is 0 Å². The first kappa shape index (κ1) is 18.1. The number of hydrogen-bond donors (Lipinski definition) is 1. The molecule has 0 saturated heterocycles. The number of benzene rings is 2. The van der Waals surface area contributed by atoms with Gasteiger partial charge in [0.25, 0.3) is 5.91 Å². The molecule has 4 nitrogen and oxygen atoms in total. The minimum Gasteiger partial charge on any atom is -0.484 e. The maximum Gasteiger partial charge on any atom is 0.258 e. The van der Waals surface area contributed by atoms with Crippen molar-refractivity contribution in [3.8, 4) is 11.8 Å². The fraction of sp³-hybridized carbons (Fsp3) is 0.222. The van der Waals surface area contributed by atoms with Crippen LogP contribution < -0.4 is 10.1 Å². The molecule has 1 N–H and O–H groups in total. The van der Waals surface area contributed by atoms with E-state index in [1.807, 2.05) is 6.92 Å². The number of halogens is 2. The van der Waals surface area contributed by atoms with Crippen molar-refractivity contribution in [2.24, 2.45) is 0 Å². The van der Waals surface area contributed by atoms with E-state index in [4.69, 9.17) is 33.2 Å². The Labute approximate surface area is 151 Å². The topological polar surface area (TPSA) is 62.1 Å². The van der Waals surface area contributed by atoms with Crippen LogP contribution in [-0.4, -0.2) is 12.5 Å². The predicted octanol–water partition coefficient (Wildman–Crippen LogP) is 4.32. The highest BCUT2D eigenvalue weighted by Gasteiger charge is 2.13. The summed E-state index contributed by atoms with van der Waals surface area (Å²) in [6, 6.07) is 14.0. The Bertz CT molecular complexity index is 755. The first-order valence-electron chi connectivity index (χ1n) is 7.32. The van der Waals surface area contributed by atoms with Crippen LogP contribution in [0.2, 0.25) is 10.0 Å². The molecule has 0 bridgehead atoms. The first-order chi connectivity index (χ1) is 11.5. The van der Waals surface area contributed by atoms with Crippen LogP contribution in [0.1, 0.15) is 24.1 Å². The maximum atomic E-state index is 12.0. The van der Waals surface area contributed by atoms with E-state index in [1.54, 1.807) is 42.5 Å². The lowest BCUT2D eigenvalue weighted by Crippen LogP contribution is -2.31. The van der Waals surface area contributed by atoms with Crippen LogP contribution in [0.5, 0.6) is 5.75 Å². The molecule has 1 unspecified atom stereocenters. The lowest BCUT2D eigenvalue weighted by Gasteiger charge is -2.16. The van der Waals surface area contributed by atoms with Crippen LogP contribution in [0, 0.1) is 11.3 Å². The highest BCUT2D eigenvalue weighted by atomic mass is 35.5. The molecule has 0 spiro atoms. The first-order valence-corrected chi connectivity index (χ1v) is 8.08. The molecule has 0 aliphatic heterocycles. The number of carbonyl (C=O) groups excluding carboxylic acids is 1. The van der Waals surface area contributed by atoms with Gasteiger partial charge in [0.2, 0.25) is 0 Å². The number of carbonyl (C=O) groups is 1. The normalized spacial score (nSPS) is 11.4. The Morgan fingerprint density at radius 1 is 1.25 bits per heavy atom. The van der Waals surface area contributed by atoms with Gasteiger partial charge >= 0.3 is 0 Å². The summed E-state index contributed by atoms with van der Waals surface area (Å²) in [5, 5.41) is 12.5. The summed E-state index contributed by atoms with van der Waals surface area (Å²) in [5.74, 6) is 0.318. The number of hydrogen-bond acceptors (Lipinski definition) is 3. The molecule has 0 fully saturated rings. The van der Waals surface area contributed by atoms with E-state index in [2.05, 4.69) is 11.4 Å². The summed E-state index contributed by atoms with van der Waals surface area (Å²) < 4.78 is 5.44. The van der Waals surface area contributed by atoms with Crippen LogP contribution in [-0.2, 0) is 11.2 Å². The van der Waals surface area contributed by atoms with E-state index in [-0.39, 0.29) is 18.6 Å². The van der Waals surface area contributed by atoms with Gasteiger partial charge in [-0.05, 0) is 42.3 Å². The molecule has 0 aliphatic carbocycles. The molecule has 2 aromatic rings. The molecule has 124 valence electrons. The van der Waals surface area contributed by atoms with Gasteiger partial charge in [0, 0.05) is 10.0 Å². The third kappa shape index (κ3) is 5.16. The summed E-state index contributed by atoms with van der Waals surface area (Å²) >= 11 is 12.0. The molecule has 1 amide bonds. The highest BCUT2D eigenvalue weighted by Crippen LogP contribution is 2.26. The van der Waals surface area contributed by atoms with Crippen LogP contribution in [0.4, 0.5) is 0 Å². The molecule has 0 aromatic heterocycles. The van der Waals surface area contributed by atoms with Gasteiger partial charge in [0.05, 0.1) is 18.5 Å². The molecule has 24 heavy (non-hydrogen) atoms. The highest BCUT2D eigenvalue weighted by molar-refractivity contribution is 6.35. The van der Waals surface area contributed by atoms with Crippen LogP contribution in [0.25, 0.3) is 0 Å². The summed E-state index contributed by atoms with van der Waals surface area (Å²) in [7, 11) is 0. The summed E-state index contributed by atoms with van der Waals surface area (Å²) in [6.45, 7) is 1.73. The van der Waals surface area contributed by atoms with Crippen molar-refractivity contribution >= 4 is 29.1 Å². The average molecular weight is 363 g/mol. The van der Waals surface area contributed by atoms with Crippen LogP contribution in [0.3, 0.4) is 0 Å². The van der Waals surface area contributed by atoms with Gasteiger partial charge in [0.1, 0.15) is 5.75 Å². The van der Waals surface area contributed by atoms with Gasteiger partial charge in [-0.2, -0.15) is 5.26 Å². The van der Waals surface area contributed by atoms with Gasteiger partial charge in [-0.1, -0.05) is 41.4 Å². The van der Waals surface area contributed by atoms with E-state index < -0.39 is 0 Å². The second-order valence-corrected chi connectivity index (χ2v) is 6.07. The summed E-state index contributed by atoms with van der Waals surface area (Å²) in [6.07, 6.45) is 0.347. The largest absolute Gasteiger partial charge is 0.484 e. The zero-order chi connectivity index (χ0) is 17.5. The monoisotopic (exact) mass is 362 g/mol. The molecule has 2 rings (SSSR count). The zero-order valence-electron chi connectivity index (χ0n) is 13.1. The lowest BCUT2D eigenvalue weighted by atomic mass is 10.1. The lowest BCUT2D eigenvalue weighted by molar-refractivity contribution is -0.123. The number of nitrogens with one attached hydrogen (secondary N) is 1. The van der Waals surface area contributed by atoms with Gasteiger partial charge in [-0.25, -0.2) is 0 Å². The number of nitrogens with zero attached hydrogens (tertiary/aromatic N) is 1. The molecule has 1 atom stereocenters. The molecule has 0 radical (unpaired) electrons. The van der Waals surface area contributed by atoms with Crippen LogP contribution in [0.15, 0.2) is 42.5 Å². The molecular weight excluding hydrogens is 347 g/mol. The molecule has 2 aromatic carbocycles. The Hall–Kier alpha value is -2.22. The van der Waals surface area contributed by atoms with E-state index >= 15 is 0 Å². The quantitative estimate of drug-likeness (QED) is 0.832. The molecule has 0 saturated carbocycles. The summed E-state index contributed by atoms with van der Waals surface area (Å²) in [4.78, 5) is 12.0. The Morgan fingerprint density at radius 3 is 2.58 bits per heavy atom. The maximum absolute atomic E-state index is 12.0. The minimum atomic E-state index is -0.260. The van der Waals surface area contributed by atoms with Crippen molar-refractivity contribution in [3.63, 3.8) is 0 Å². The molecular formula is C18H16Cl2N2O2. The number of rotatable bonds is 6. The van der Waals surface area contributed by atoms with E-state index in [9.17, 15) is 4.79 Å². The fourth-order valence-corrected chi connectivity index (χ4v) is 2.73. The third-order valence-electron chi connectivity index (χ3n) is 3.38. The van der Waals surface area contributed by atoms with Gasteiger partial charge in [0.15, 0.2) is 6.61 Å². The minimum absolute atomic E-state index is 0.104. The predicted molar refractivity (Wildman–Crippen MR) is 94.3 cm³/mol. The molecule has 6 heteroatoms. The van der Waals surface area contributed by atoms with Crippen molar-refractivity contribution in [3.05, 3.63) is 63.6 Å². The Morgan fingerprint density at radius 2 is 1.96 bits per heavy atom. The summed E-state index contributed by atoms with van der Waals surface area (Å²) in [5.41, 5.74) is 1.69. The molecule has 0 aliphatic rings. The molecule has 0 heterocycles. The second-order valence-electron chi connectivity index (χ2n) is 5.22. The van der Waals surface area contributed by atoms with E-state index in [0.717, 1.165) is 11.1 Å². The standard InChI is InChI=1S/C18H16Cl2N2O2/c1-12(16-7-4-14(19)10-17(16)20)22-18(23)11-24-15-5-2-13(3-6-15)8-9-21/h2-7,10,12H,8,11H2,1H3,(H,22,23). The van der Waals surface area contributed by atoms with Crippen molar-refractivity contribution in [1.82, 2.24) is 5.32 Å². The Kier molecular flexibility index (Phi) is 6.48. The second kappa shape index (κ2) is 8.58. The SMILES string of the molecule is CC(NC(=O)COc1ccc(CC#N)cc1)c1ccc(Cl)cc1Cl. The Balaban J connectivity index is 1.87. The van der Waals surface area contributed by atoms with Gasteiger partial charge < -0.3 is 10.1 Å². The van der Waals surface area contributed by atoms with Crippen molar-refractivity contribution < 1.29 is 9.53 Å². The van der Waals surface area contributed by atoms with Crippen molar-refractivity contribution in [2.45, 2.75) is 19.4 Å². The van der Waals surface area contributed by atoms with Gasteiger partial charge in [-0.3, -0.25) is 4.79 Å². The zero-order valence-corrected chi connectivity index (χ0v) is 14.6. The average Bonchev–Trinajstić information content (AvgIpc) is 2.54. The number of ether oxygens (including phenoxy) is 1. The number of amides is 1. The van der Waals surface area contributed by atoms with Crippen molar-refractivity contribution in [1.29, 1.82) is 5.26 Å². The fourth-order valence-electron chi connectivity index (χ4n) is 2.16. The number of nitriles is 1. The van der Waals surface area contributed by atoms with Crippen molar-refractivity contribution in [2.75, 3.05) is 6.61 Å². The third-order valence-corrected chi connectivity index (χ3v) is 3.95.